The van der Waals surface area contributed by atoms with Crippen LogP contribution in [0.3, 0.4) is 0 Å². The second-order valence-electron chi connectivity index (χ2n) is 7.54. The van der Waals surface area contributed by atoms with Gasteiger partial charge in [0.2, 0.25) is 0 Å². The molecule has 0 heterocycles. The molecule has 1 atom stereocenters. The highest BCUT2D eigenvalue weighted by Gasteiger charge is 2.44. The van der Waals surface area contributed by atoms with Gasteiger partial charge >= 0.3 is 0 Å². The van der Waals surface area contributed by atoms with Crippen LogP contribution in [-0.4, -0.2) is 63.8 Å². The summed E-state index contributed by atoms with van der Waals surface area (Å²) in [4.78, 5) is 6.95. The van der Waals surface area contributed by atoms with E-state index in [4.69, 9.17) is 9.73 Å². The van der Waals surface area contributed by atoms with Gasteiger partial charge < -0.3 is 20.3 Å². The van der Waals surface area contributed by atoms with Crippen molar-refractivity contribution < 1.29 is 9.13 Å². The van der Waals surface area contributed by atoms with Gasteiger partial charge in [-0.05, 0) is 64.9 Å². The first-order chi connectivity index (χ1) is 13.0. The summed E-state index contributed by atoms with van der Waals surface area (Å²) in [6.07, 6.45) is 3.24. The van der Waals surface area contributed by atoms with E-state index < -0.39 is 0 Å². The van der Waals surface area contributed by atoms with Crippen LogP contribution in [0.5, 0.6) is 0 Å². The molecule has 0 bridgehead atoms. The Labute approximate surface area is 163 Å². The van der Waals surface area contributed by atoms with Crippen molar-refractivity contribution in [2.75, 3.05) is 46.9 Å². The fraction of sp³-hybridized carbons (Fsp3) is 0.667. The van der Waals surface area contributed by atoms with Crippen molar-refractivity contribution in [3.8, 4) is 0 Å². The Morgan fingerprint density at radius 1 is 1.30 bits per heavy atom. The van der Waals surface area contributed by atoms with Crippen LogP contribution in [0, 0.1) is 5.82 Å². The zero-order valence-corrected chi connectivity index (χ0v) is 17.2. The van der Waals surface area contributed by atoms with Crippen molar-refractivity contribution >= 4 is 5.96 Å². The van der Waals surface area contributed by atoms with Crippen LogP contribution in [0.1, 0.15) is 38.7 Å². The number of rotatable bonds is 11. The van der Waals surface area contributed by atoms with Gasteiger partial charge in [-0.25, -0.2) is 4.39 Å². The van der Waals surface area contributed by atoms with Gasteiger partial charge in [-0.2, -0.15) is 0 Å². The average Bonchev–Trinajstić information content (AvgIpc) is 3.43. The highest BCUT2D eigenvalue weighted by atomic mass is 19.1. The Morgan fingerprint density at radius 2 is 2.07 bits per heavy atom. The smallest absolute Gasteiger partial charge is 0.191 e. The molecule has 0 aromatic heterocycles. The molecule has 27 heavy (non-hydrogen) atoms. The van der Waals surface area contributed by atoms with Crippen LogP contribution >= 0.6 is 0 Å². The van der Waals surface area contributed by atoms with E-state index in [0.29, 0.717) is 13.2 Å². The van der Waals surface area contributed by atoms with E-state index in [1.54, 1.807) is 12.1 Å². The van der Waals surface area contributed by atoms with Crippen molar-refractivity contribution in [3.63, 3.8) is 0 Å². The topological polar surface area (TPSA) is 48.9 Å². The first kappa shape index (κ1) is 21.6. The largest absolute Gasteiger partial charge is 0.377 e. The molecule has 0 saturated heterocycles. The third-order valence-electron chi connectivity index (χ3n) is 4.97. The number of guanidine groups is 1. The molecule has 2 N–H and O–H groups in total. The average molecular weight is 379 g/mol. The van der Waals surface area contributed by atoms with E-state index in [0.717, 1.165) is 50.4 Å². The summed E-state index contributed by atoms with van der Waals surface area (Å²) in [5.41, 5.74) is 1.05. The molecule has 0 aliphatic heterocycles. The Hall–Kier alpha value is -1.66. The lowest BCUT2D eigenvalue weighted by atomic mass is 9.96. The van der Waals surface area contributed by atoms with Crippen LogP contribution in [0.25, 0.3) is 0 Å². The lowest BCUT2D eigenvalue weighted by Crippen LogP contribution is -2.43. The molecule has 1 saturated carbocycles. The maximum Gasteiger partial charge on any atom is 0.191 e. The van der Waals surface area contributed by atoms with E-state index in [2.05, 4.69) is 36.6 Å². The third-order valence-corrected chi connectivity index (χ3v) is 4.97. The molecular weight excluding hydrogens is 343 g/mol. The number of halogens is 1. The number of hydrogen-bond acceptors (Lipinski definition) is 3. The first-order valence-electron chi connectivity index (χ1n) is 10.0. The molecule has 0 amide bonds. The van der Waals surface area contributed by atoms with Gasteiger partial charge in [0, 0.05) is 31.7 Å². The number of benzene rings is 1. The molecule has 5 nitrogen and oxygen atoms in total. The van der Waals surface area contributed by atoms with Crippen LogP contribution in [0.2, 0.25) is 0 Å². The summed E-state index contributed by atoms with van der Waals surface area (Å²) in [6, 6.07) is 6.94. The monoisotopic (exact) mass is 378 g/mol. The second kappa shape index (κ2) is 10.6. The molecule has 1 aromatic carbocycles. The summed E-state index contributed by atoms with van der Waals surface area (Å²) in [5, 5.41) is 6.72. The van der Waals surface area contributed by atoms with Crippen molar-refractivity contribution in [2.24, 2.45) is 4.99 Å². The maximum atomic E-state index is 13.6. The Morgan fingerprint density at radius 3 is 2.67 bits per heavy atom. The lowest BCUT2D eigenvalue weighted by Gasteiger charge is -2.21. The van der Waals surface area contributed by atoms with Gasteiger partial charge in [-0.3, -0.25) is 4.99 Å². The van der Waals surface area contributed by atoms with Gasteiger partial charge in [0.1, 0.15) is 5.82 Å². The normalized spacial score (nSPS) is 17.0. The molecule has 6 heteroatoms. The first-order valence-corrected chi connectivity index (χ1v) is 10.0. The molecule has 1 aliphatic carbocycles. The van der Waals surface area contributed by atoms with Crippen molar-refractivity contribution in [1.82, 2.24) is 15.5 Å². The van der Waals surface area contributed by atoms with Crippen LogP contribution in [0.15, 0.2) is 29.3 Å². The highest BCUT2D eigenvalue weighted by molar-refractivity contribution is 5.79. The Bertz CT molecular complexity index is 602. The van der Waals surface area contributed by atoms with E-state index >= 15 is 0 Å². The lowest BCUT2D eigenvalue weighted by molar-refractivity contribution is 0.0548. The SMILES string of the molecule is CCNC(=NCC1(c2cccc(F)c2)CC1)NCC(CCN(C)C)OCC. The van der Waals surface area contributed by atoms with Crippen LogP contribution in [-0.2, 0) is 10.2 Å². The zero-order valence-electron chi connectivity index (χ0n) is 17.2. The maximum absolute atomic E-state index is 13.6. The minimum atomic E-state index is -0.173. The van der Waals surface area contributed by atoms with Crippen LogP contribution < -0.4 is 10.6 Å². The number of nitrogens with one attached hydrogen (secondary N) is 2. The third kappa shape index (κ3) is 7.11. The predicted molar refractivity (Wildman–Crippen MR) is 110 cm³/mol. The van der Waals surface area contributed by atoms with Crippen molar-refractivity contribution in [2.45, 2.75) is 44.6 Å². The summed E-state index contributed by atoms with van der Waals surface area (Å²) in [7, 11) is 4.15. The molecule has 0 spiro atoms. The van der Waals surface area contributed by atoms with Gasteiger partial charge in [0.25, 0.3) is 0 Å². The number of hydrogen-bond donors (Lipinski definition) is 2. The molecule has 1 fully saturated rings. The van der Waals surface area contributed by atoms with Crippen LogP contribution in [0.4, 0.5) is 4.39 Å². The summed E-state index contributed by atoms with van der Waals surface area (Å²) in [5.74, 6) is 0.628. The minimum Gasteiger partial charge on any atom is -0.377 e. The zero-order chi connectivity index (χ0) is 19.7. The Kier molecular flexibility index (Phi) is 8.51. The van der Waals surface area contributed by atoms with E-state index in [9.17, 15) is 4.39 Å². The summed E-state index contributed by atoms with van der Waals surface area (Å²) >= 11 is 0. The second-order valence-corrected chi connectivity index (χ2v) is 7.54. The number of ether oxygens (including phenoxy) is 1. The van der Waals surface area contributed by atoms with E-state index in [1.807, 2.05) is 13.0 Å². The molecule has 0 radical (unpaired) electrons. The van der Waals surface area contributed by atoms with E-state index in [1.165, 1.54) is 6.07 Å². The molecule has 2 rings (SSSR count). The molecule has 152 valence electrons. The molecule has 1 unspecified atom stereocenters. The molecular formula is C21H35FN4O. The number of nitrogens with zero attached hydrogens (tertiary/aromatic N) is 2. The molecule has 1 aromatic rings. The summed E-state index contributed by atoms with van der Waals surface area (Å²) in [6.45, 7) is 7.97. The quantitative estimate of drug-likeness (QED) is 0.459. The predicted octanol–water partition coefficient (Wildman–Crippen LogP) is 2.77. The van der Waals surface area contributed by atoms with Gasteiger partial charge in [0.05, 0.1) is 12.6 Å². The van der Waals surface area contributed by atoms with Gasteiger partial charge in [-0.1, -0.05) is 12.1 Å². The fourth-order valence-electron chi connectivity index (χ4n) is 3.17. The van der Waals surface area contributed by atoms with Gasteiger partial charge in [0.15, 0.2) is 5.96 Å². The highest BCUT2D eigenvalue weighted by Crippen LogP contribution is 2.48. The minimum absolute atomic E-state index is 0.00526. The van der Waals surface area contributed by atoms with Crippen molar-refractivity contribution in [3.05, 3.63) is 35.6 Å². The molecule has 1 aliphatic rings. The Balaban J connectivity index is 1.95. The fourth-order valence-corrected chi connectivity index (χ4v) is 3.17. The standard InChI is InChI=1S/C21H35FN4O/c1-5-23-20(24-15-19(27-6-2)10-13-26(3)4)25-16-21(11-12-21)17-8-7-9-18(22)14-17/h7-9,14,19H,5-6,10-13,15-16H2,1-4H3,(H2,23,24,25). The van der Waals surface area contributed by atoms with E-state index in [-0.39, 0.29) is 17.3 Å². The van der Waals surface area contributed by atoms with Gasteiger partial charge in [-0.15, -0.1) is 0 Å². The number of aliphatic imine (C=N–C) groups is 1. The summed E-state index contributed by atoms with van der Waals surface area (Å²) < 4.78 is 19.4. The van der Waals surface area contributed by atoms with Crippen molar-refractivity contribution in [1.29, 1.82) is 0 Å².